The molecule has 0 saturated carbocycles. The Morgan fingerprint density at radius 3 is 2.44 bits per heavy atom. The third-order valence-electron chi connectivity index (χ3n) is 7.11. The first-order chi connectivity index (χ1) is 16.7. The van der Waals surface area contributed by atoms with Gasteiger partial charge in [-0.05, 0) is 51.9 Å². The fourth-order valence-electron chi connectivity index (χ4n) is 5.55. The van der Waals surface area contributed by atoms with Gasteiger partial charge in [0.1, 0.15) is 6.61 Å². The van der Waals surface area contributed by atoms with Crippen LogP contribution in [-0.4, -0.2) is 42.9 Å². The normalized spacial score (nSPS) is 20.7. The highest BCUT2D eigenvalue weighted by atomic mass is 16.6. The molecule has 0 spiro atoms. The number of carbonyl (C=O) groups excluding carboxylic acids is 1. The molecule has 2 unspecified atom stereocenters. The van der Waals surface area contributed by atoms with Crippen molar-refractivity contribution in [3.05, 3.63) is 101 Å². The van der Waals surface area contributed by atoms with Gasteiger partial charge in [0.15, 0.2) is 0 Å². The maximum atomic E-state index is 13.3. The van der Waals surface area contributed by atoms with E-state index in [9.17, 15) is 10.1 Å². The number of hydrogen-bond acceptors (Lipinski definition) is 4. The van der Waals surface area contributed by atoms with E-state index in [0.29, 0.717) is 31.8 Å². The predicted octanol–water partition coefficient (Wildman–Crippen LogP) is 5.36. The summed E-state index contributed by atoms with van der Waals surface area (Å²) in [5.74, 6) is 0.0389. The van der Waals surface area contributed by atoms with Crippen LogP contribution in [0.2, 0.25) is 0 Å². The van der Waals surface area contributed by atoms with E-state index in [-0.39, 0.29) is 24.1 Å². The number of benzene rings is 3. The molecule has 2 heterocycles. The van der Waals surface area contributed by atoms with Crippen molar-refractivity contribution in [1.82, 2.24) is 4.90 Å². The summed E-state index contributed by atoms with van der Waals surface area (Å²) in [6.07, 6.45) is 2.48. The van der Waals surface area contributed by atoms with Crippen LogP contribution < -0.4 is 0 Å². The van der Waals surface area contributed by atoms with Crippen molar-refractivity contribution < 1.29 is 14.3 Å². The summed E-state index contributed by atoms with van der Waals surface area (Å²) < 4.78 is 11.7. The SMILES string of the molecule is N#Cc1cccc(C2=CC3COCC(C2)N3C(=O)OCC2c3ccccc3-c3ccccc32)c1. The molecule has 2 aliphatic heterocycles. The largest absolute Gasteiger partial charge is 0.448 e. The molecule has 0 aromatic heterocycles. The van der Waals surface area contributed by atoms with E-state index >= 15 is 0 Å². The number of morpholine rings is 1. The zero-order valence-electron chi connectivity index (χ0n) is 18.7. The van der Waals surface area contributed by atoms with E-state index in [1.807, 2.05) is 35.2 Å². The minimum atomic E-state index is -0.291. The van der Waals surface area contributed by atoms with Crippen molar-refractivity contribution >= 4 is 11.7 Å². The van der Waals surface area contributed by atoms with Crippen LogP contribution in [0.3, 0.4) is 0 Å². The second-order valence-corrected chi connectivity index (χ2v) is 9.06. The average Bonchev–Trinajstić information content (AvgIpc) is 3.20. The van der Waals surface area contributed by atoms with Crippen LogP contribution in [0, 0.1) is 11.3 Å². The van der Waals surface area contributed by atoms with Gasteiger partial charge in [-0.3, -0.25) is 4.90 Å². The lowest BCUT2D eigenvalue weighted by molar-refractivity contribution is -0.0331. The summed E-state index contributed by atoms with van der Waals surface area (Å²) in [5, 5.41) is 9.25. The molecule has 6 rings (SSSR count). The van der Waals surface area contributed by atoms with Gasteiger partial charge in [0, 0.05) is 5.92 Å². The van der Waals surface area contributed by atoms with E-state index in [1.165, 1.54) is 22.3 Å². The Morgan fingerprint density at radius 1 is 1.00 bits per heavy atom. The lowest BCUT2D eigenvalue weighted by atomic mass is 9.89. The maximum absolute atomic E-state index is 13.3. The molecule has 1 amide bonds. The molecule has 1 aliphatic carbocycles. The quantitative estimate of drug-likeness (QED) is 0.541. The van der Waals surface area contributed by atoms with Crippen LogP contribution in [0.5, 0.6) is 0 Å². The Labute approximate surface area is 198 Å². The third kappa shape index (κ3) is 3.48. The van der Waals surface area contributed by atoms with Gasteiger partial charge in [0.2, 0.25) is 0 Å². The summed E-state index contributed by atoms with van der Waals surface area (Å²) >= 11 is 0. The van der Waals surface area contributed by atoms with E-state index < -0.39 is 0 Å². The molecule has 168 valence electrons. The van der Waals surface area contributed by atoms with Crippen LogP contribution in [0.15, 0.2) is 78.9 Å². The lowest BCUT2D eigenvalue weighted by Gasteiger charge is -2.44. The summed E-state index contributed by atoms with van der Waals surface area (Å²) in [6, 6.07) is 26.3. The van der Waals surface area contributed by atoms with Gasteiger partial charge < -0.3 is 9.47 Å². The molecule has 2 bridgehead atoms. The molecule has 3 aliphatic rings. The van der Waals surface area contributed by atoms with E-state index in [0.717, 1.165) is 11.1 Å². The smallest absolute Gasteiger partial charge is 0.410 e. The summed E-state index contributed by atoms with van der Waals surface area (Å²) in [7, 11) is 0. The molecule has 5 nitrogen and oxygen atoms in total. The molecular formula is C29H24N2O3. The van der Waals surface area contributed by atoms with Gasteiger partial charge in [-0.15, -0.1) is 0 Å². The highest BCUT2D eigenvalue weighted by molar-refractivity contribution is 5.79. The summed E-state index contributed by atoms with van der Waals surface area (Å²) in [4.78, 5) is 15.2. The van der Waals surface area contributed by atoms with E-state index in [4.69, 9.17) is 9.47 Å². The van der Waals surface area contributed by atoms with Gasteiger partial charge >= 0.3 is 6.09 Å². The number of carbonyl (C=O) groups is 1. The Kier molecular flexibility index (Phi) is 5.16. The van der Waals surface area contributed by atoms with Crippen LogP contribution >= 0.6 is 0 Å². The van der Waals surface area contributed by atoms with Crippen molar-refractivity contribution in [3.8, 4) is 17.2 Å². The fourth-order valence-corrected chi connectivity index (χ4v) is 5.55. The molecule has 1 saturated heterocycles. The summed E-state index contributed by atoms with van der Waals surface area (Å²) in [6.45, 7) is 1.24. The number of hydrogen-bond donors (Lipinski definition) is 0. The summed E-state index contributed by atoms with van der Waals surface area (Å²) in [5.41, 5.74) is 7.67. The molecule has 3 aromatic rings. The second kappa shape index (κ2) is 8.48. The Balaban J connectivity index is 1.22. The third-order valence-corrected chi connectivity index (χ3v) is 7.11. The molecule has 1 fully saturated rings. The number of amides is 1. The van der Waals surface area contributed by atoms with Crippen LogP contribution in [0.25, 0.3) is 16.7 Å². The molecule has 3 aromatic carbocycles. The average molecular weight is 449 g/mol. The fraction of sp³-hybridized carbons (Fsp3) is 0.241. The molecular weight excluding hydrogens is 424 g/mol. The van der Waals surface area contributed by atoms with Crippen LogP contribution in [-0.2, 0) is 9.47 Å². The highest BCUT2D eigenvalue weighted by Crippen LogP contribution is 2.44. The number of rotatable bonds is 3. The zero-order valence-corrected chi connectivity index (χ0v) is 18.7. The van der Waals surface area contributed by atoms with Crippen molar-refractivity contribution in [1.29, 1.82) is 5.26 Å². The minimum Gasteiger partial charge on any atom is -0.448 e. The lowest BCUT2D eigenvalue weighted by Crippen LogP contribution is -2.56. The molecule has 0 radical (unpaired) electrons. The topological polar surface area (TPSA) is 62.6 Å². The first-order valence-electron chi connectivity index (χ1n) is 11.6. The van der Waals surface area contributed by atoms with Gasteiger partial charge in [0.05, 0.1) is 36.9 Å². The van der Waals surface area contributed by atoms with E-state index in [1.54, 1.807) is 6.07 Å². The first-order valence-corrected chi connectivity index (χ1v) is 11.6. The van der Waals surface area contributed by atoms with Gasteiger partial charge in [-0.1, -0.05) is 66.7 Å². The minimum absolute atomic E-state index is 0.0389. The zero-order chi connectivity index (χ0) is 23.1. The highest BCUT2D eigenvalue weighted by Gasteiger charge is 2.40. The monoisotopic (exact) mass is 448 g/mol. The Hall–Kier alpha value is -3.88. The molecule has 2 atom stereocenters. The van der Waals surface area contributed by atoms with Crippen molar-refractivity contribution in [2.75, 3.05) is 19.8 Å². The van der Waals surface area contributed by atoms with Crippen LogP contribution in [0.1, 0.15) is 34.6 Å². The van der Waals surface area contributed by atoms with Gasteiger partial charge in [-0.25, -0.2) is 4.79 Å². The van der Waals surface area contributed by atoms with E-state index in [2.05, 4.69) is 48.5 Å². The molecule has 0 N–H and O–H groups in total. The Bertz CT molecular complexity index is 1290. The standard InChI is InChI=1S/C29H24N2O3/c30-15-19-6-5-7-20(12-19)21-13-22-16-33-17-23(14-21)31(22)29(32)34-18-28-26-10-3-1-8-24(26)25-9-2-4-11-27(25)28/h1-13,22-23,28H,14,16-18H2. The Morgan fingerprint density at radius 2 is 1.74 bits per heavy atom. The van der Waals surface area contributed by atoms with Gasteiger partial charge in [0.25, 0.3) is 0 Å². The number of ether oxygens (including phenoxy) is 2. The molecule has 34 heavy (non-hydrogen) atoms. The second-order valence-electron chi connectivity index (χ2n) is 9.06. The van der Waals surface area contributed by atoms with Crippen molar-refractivity contribution in [2.24, 2.45) is 0 Å². The number of nitrogens with zero attached hydrogens (tertiary/aromatic N) is 2. The maximum Gasteiger partial charge on any atom is 0.410 e. The molecule has 5 heteroatoms. The van der Waals surface area contributed by atoms with Crippen LogP contribution in [0.4, 0.5) is 4.79 Å². The number of nitriles is 1. The van der Waals surface area contributed by atoms with Gasteiger partial charge in [-0.2, -0.15) is 5.26 Å². The number of fused-ring (bicyclic) bond motifs is 5. The predicted molar refractivity (Wildman–Crippen MR) is 129 cm³/mol. The first kappa shape index (κ1) is 20.7. The van der Waals surface area contributed by atoms with Crippen molar-refractivity contribution in [3.63, 3.8) is 0 Å². The van der Waals surface area contributed by atoms with Crippen molar-refractivity contribution in [2.45, 2.75) is 24.4 Å².